The molecule has 0 radical (unpaired) electrons. The second kappa shape index (κ2) is 5.21. The van der Waals surface area contributed by atoms with E-state index < -0.39 is 11.0 Å². The molecule has 0 fully saturated rings. The first-order valence-corrected chi connectivity index (χ1v) is 6.95. The average molecular weight is 348 g/mol. The van der Waals surface area contributed by atoms with Crippen molar-refractivity contribution in [2.24, 2.45) is 0 Å². The van der Waals surface area contributed by atoms with E-state index in [0.29, 0.717) is 16.9 Å². The minimum absolute atomic E-state index is 0.0402. The van der Waals surface area contributed by atoms with Crippen LogP contribution in [-0.4, -0.2) is 10.0 Å². The highest BCUT2D eigenvalue weighted by atomic mass is 79.9. The average Bonchev–Trinajstić information content (AvgIpc) is 2.46. The number of phenolic OH excluding ortho intramolecular Hbond substituents is 1. The van der Waals surface area contributed by atoms with Gasteiger partial charge in [-0.15, -0.1) is 0 Å². The van der Waals surface area contributed by atoms with Crippen LogP contribution in [0.5, 0.6) is 11.5 Å². The van der Waals surface area contributed by atoms with Crippen molar-refractivity contribution in [1.82, 2.24) is 0 Å². The molecule has 3 rings (SSSR count). The number of phenols is 1. The van der Waals surface area contributed by atoms with Crippen molar-refractivity contribution < 1.29 is 14.8 Å². The summed E-state index contributed by atoms with van der Waals surface area (Å²) in [4.78, 5) is 10.8. The van der Waals surface area contributed by atoms with Gasteiger partial charge in [0.2, 0.25) is 6.10 Å². The van der Waals surface area contributed by atoms with Crippen LogP contribution in [0.4, 0.5) is 0 Å². The third kappa shape index (κ3) is 2.62. The molecular formula is C15H10BrNO4. The number of halogens is 1. The van der Waals surface area contributed by atoms with E-state index in [1.54, 1.807) is 18.2 Å². The normalized spacial score (nSPS) is 16.6. The van der Waals surface area contributed by atoms with Gasteiger partial charge in [-0.2, -0.15) is 0 Å². The van der Waals surface area contributed by atoms with E-state index in [0.717, 1.165) is 4.47 Å². The molecule has 2 aromatic rings. The Balaban J connectivity index is 2.08. The van der Waals surface area contributed by atoms with Gasteiger partial charge < -0.3 is 9.84 Å². The Hall–Kier alpha value is -2.34. The molecule has 2 aromatic carbocycles. The van der Waals surface area contributed by atoms with Gasteiger partial charge in [0.05, 0.1) is 4.92 Å². The van der Waals surface area contributed by atoms with E-state index in [4.69, 9.17) is 4.74 Å². The van der Waals surface area contributed by atoms with Crippen molar-refractivity contribution in [1.29, 1.82) is 0 Å². The molecule has 1 aliphatic rings. The van der Waals surface area contributed by atoms with Crippen LogP contribution in [0.1, 0.15) is 17.2 Å². The largest absolute Gasteiger partial charge is 0.508 e. The van der Waals surface area contributed by atoms with Crippen LogP contribution in [0.2, 0.25) is 0 Å². The summed E-state index contributed by atoms with van der Waals surface area (Å²) in [5, 5.41) is 20.8. The van der Waals surface area contributed by atoms with Crippen molar-refractivity contribution in [3.8, 4) is 11.5 Å². The molecule has 1 aliphatic heterocycles. The lowest BCUT2D eigenvalue weighted by atomic mass is 10.0. The summed E-state index contributed by atoms with van der Waals surface area (Å²) in [5.74, 6) is 0.546. The molecule has 0 saturated carbocycles. The summed E-state index contributed by atoms with van der Waals surface area (Å²) in [6.07, 6.45) is 0.663. The highest BCUT2D eigenvalue weighted by Gasteiger charge is 2.33. The van der Waals surface area contributed by atoms with Crippen molar-refractivity contribution in [2.75, 3.05) is 0 Å². The molecule has 0 amide bonds. The van der Waals surface area contributed by atoms with Crippen LogP contribution in [0.25, 0.3) is 6.08 Å². The van der Waals surface area contributed by atoms with Gasteiger partial charge >= 0.3 is 0 Å². The van der Waals surface area contributed by atoms with Crippen LogP contribution < -0.4 is 4.74 Å². The zero-order valence-corrected chi connectivity index (χ0v) is 12.3. The Labute approximate surface area is 128 Å². The molecular weight excluding hydrogens is 338 g/mol. The third-order valence-corrected chi connectivity index (χ3v) is 3.72. The Morgan fingerprint density at radius 1 is 1.19 bits per heavy atom. The molecule has 106 valence electrons. The number of fused-ring (bicyclic) bond motifs is 1. The van der Waals surface area contributed by atoms with Gasteiger partial charge in [-0.25, -0.2) is 0 Å². The second-order valence-electron chi connectivity index (χ2n) is 4.60. The minimum Gasteiger partial charge on any atom is -0.508 e. The summed E-state index contributed by atoms with van der Waals surface area (Å²) in [6.45, 7) is 0. The van der Waals surface area contributed by atoms with Gasteiger partial charge in [-0.3, -0.25) is 10.1 Å². The molecule has 0 aromatic heterocycles. The Morgan fingerprint density at radius 2 is 1.90 bits per heavy atom. The molecule has 6 heteroatoms. The number of ether oxygens (including phenoxy) is 1. The molecule has 0 spiro atoms. The summed E-state index contributed by atoms with van der Waals surface area (Å²) < 4.78 is 6.64. The number of hydrogen-bond donors (Lipinski definition) is 1. The van der Waals surface area contributed by atoms with Gasteiger partial charge in [-0.1, -0.05) is 28.1 Å². The smallest absolute Gasteiger partial charge is 0.291 e. The van der Waals surface area contributed by atoms with Crippen LogP contribution in [0, 0.1) is 10.1 Å². The van der Waals surface area contributed by atoms with Gasteiger partial charge in [0.25, 0.3) is 5.70 Å². The Kier molecular flexibility index (Phi) is 3.39. The van der Waals surface area contributed by atoms with Gasteiger partial charge in [0, 0.05) is 21.7 Å². The zero-order valence-electron chi connectivity index (χ0n) is 10.7. The maximum atomic E-state index is 11.3. The number of benzene rings is 2. The summed E-state index contributed by atoms with van der Waals surface area (Å²) in [5.41, 5.74) is 1.13. The molecule has 0 saturated heterocycles. The Morgan fingerprint density at radius 3 is 2.57 bits per heavy atom. The van der Waals surface area contributed by atoms with E-state index in [2.05, 4.69) is 15.9 Å². The highest BCUT2D eigenvalue weighted by molar-refractivity contribution is 9.10. The van der Waals surface area contributed by atoms with Crippen molar-refractivity contribution in [2.45, 2.75) is 6.10 Å². The van der Waals surface area contributed by atoms with E-state index in [9.17, 15) is 15.2 Å². The first kappa shape index (κ1) is 13.6. The summed E-state index contributed by atoms with van der Waals surface area (Å²) in [6, 6.07) is 11.7. The molecule has 0 bridgehead atoms. The predicted octanol–water partition coefficient (Wildman–Crippen LogP) is 3.91. The fourth-order valence-corrected chi connectivity index (χ4v) is 2.47. The topological polar surface area (TPSA) is 72.6 Å². The minimum atomic E-state index is -0.773. The van der Waals surface area contributed by atoms with Crippen LogP contribution in [-0.2, 0) is 0 Å². The lowest BCUT2D eigenvalue weighted by Crippen LogP contribution is -2.19. The highest BCUT2D eigenvalue weighted by Crippen LogP contribution is 2.39. The van der Waals surface area contributed by atoms with E-state index in [-0.39, 0.29) is 11.4 Å². The van der Waals surface area contributed by atoms with Crippen molar-refractivity contribution in [3.05, 3.63) is 73.9 Å². The summed E-state index contributed by atoms with van der Waals surface area (Å²) in [7, 11) is 0. The Bertz CT molecular complexity index is 740. The van der Waals surface area contributed by atoms with Crippen LogP contribution >= 0.6 is 15.9 Å². The van der Waals surface area contributed by atoms with Gasteiger partial charge in [0.1, 0.15) is 11.5 Å². The number of hydrogen-bond acceptors (Lipinski definition) is 4. The maximum absolute atomic E-state index is 11.3. The lowest BCUT2D eigenvalue weighted by molar-refractivity contribution is -0.434. The van der Waals surface area contributed by atoms with Gasteiger partial charge in [0.15, 0.2) is 0 Å². The first-order valence-electron chi connectivity index (χ1n) is 6.16. The predicted molar refractivity (Wildman–Crippen MR) is 80.6 cm³/mol. The zero-order chi connectivity index (χ0) is 15.0. The molecule has 1 N–H and O–H groups in total. The van der Waals surface area contributed by atoms with Crippen molar-refractivity contribution >= 4 is 22.0 Å². The number of aromatic hydroxyl groups is 1. The van der Waals surface area contributed by atoms with Crippen LogP contribution in [0.3, 0.4) is 0 Å². The fourth-order valence-electron chi connectivity index (χ4n) is 2.20. The first-order chi connectivity index (χ1) is 10.0. The van der Waals surface area contributed by atoms with E-state index >= 15 is 0 Å². The molecule has 1 atom stereocenters. The van der Waals surface area contributed by atoms with E-state index in [1.165, 1.54) is 18.2 Å². The standard InChI is InChI=1S/C15H10BrNO4/c16-11-3-1-9(2-4-11)15-13(17(19)20)8-10-7-12(18)5-6-14(10)21-15/h1-8,15,18H. The molecule has 5 nitrogen and oxygen atoms in total. The molecule has 1 unspecified atom stereocenters. The third-order valence-electron chi connectivity index (χ3n) is 3.19. The maximum Gasteiger partial charge on any atom is 0.291 e. The van der Waals surface area contributed by atoms with Crippen molar-refractivity contribution in [3.63, 3.8) is 0 Å². The molecule has 1 heterocycles. The van der Waals surface area contributed by atoms with E-state index in [1.807, 2.05) is 12.1 Å². The quantitative estimate of drug-likeness (QED) is 0.660. The summed E-state index contributed by atoms with van der Waals surface area (Å²) >= 11 is 3.33. The molecule has 21 heavy (non-hydrogen) atoms. The van der Waals surface area contributed by atoms with Crippen LogP contribution in [0.15, 0.2) is 52.6 Å². The number of nitro groups is 1. The number of nitrogens with zero attached hydrogens (tertiary/aromatic N) is 1. The number of rotatable bonds is 2. The van der Waals surface area contributed by atoms with Gasteiger partial charge in [-0.05, 0) is 30.3 Å². The lowest BCUT2D eigenvalue weighted by Gasteiger charge is -2.22. The molecule has 0 aliphatic carbocycles. The fraction of sp³-hybridized carbons (Fsp3) is 0.0667. The second-order valence-corrected chi connectivity index (χ2v) is 5.51. The SMILES string of the molecule is O=[N+]([O-])C1=Cc2cc(O)ccc2OC1c1ccc(Br)cc1. The monoisotopic (exact) mass is 347 g/mol.